The van der Waals surface area contributed by atoms with Gasteiger partial charge in [0.15, 0.2) is 5.69 Å². The van der Waals surface area contributed by atoms with Crippen molar-refractivity contribution in [2.45, 2.75) is 43.3 Å². The highest BCUT2D eigenvalue weighted by Crippen LogP contribution is 2.54. The number of benzene rings is 1. The third-order valence-electron chi connectivity index (χ3n) is 7.56. The number of alkyl halides is 3. The SMILES string of the molecule is C[C@H]1CCCCN1c1nc(N2C[C@@H]3C(CS(=O)(=O)S4=Nc5ccccc5S4)[C@@H]3C2)cc(C(F)(F)F)n1. The second kappa shape index (κ2) is 8.87. The highest BCUT2D eigenvalue weighted by molar-refractivity contribution is 9.00. The first kappa shape index (κ1) is 24.5. The predicted molar refractivity (Wildman–Crippen MR) is 136 cm³/mol. The Bertz CT molecular complexity index is 1320. The fourth-order valence-electron chi connectivity index (χ4n) is 5.52. The van der Waals surface area contributed by atoms with Crippen LogP contribution in [0, 0.1) is 17.8 Å². The van der Waals surface area contributed by atoms with E-state index in [9.17, 15) is 21.6 Å². The second-order valence-corrected chi connectivity index (χ2v) is 17.2. The summed E-state index contributed by atoms with van der Waals surface area (Å²) in [5, 5.41) is 0. The second-order valence-electron chi connectivity index (χ2n) is 9.93. The minimum absolute atomic E-state index is 0.0174. The normalized spacial score (nSPS) is 29.6. The van der Waals surface area contributed by atoms with E-state index in [0.717, 1.165) is 35.9 Å². The maximum Gasteiger partial charge on any atom is 0.433 e. The number of piperidine rings is 2. The van der Waals surface area contributed by atoms with Crippen LogP contribution in [0.2, 0.25) is 0 Å². The average molecular weight is 558 g/mol. The summed E-state index contributed by atoms with van der Waals surface area (Å²) < 4.78 is 71.6. The van der Waals surface area contributed by atoms with E-state index in [0.29, 0.717) is 19.6 Å². The number of fused-ring (bicyclic) bond motifs is 2. The Morgan fingerprint density at radius 2 is 1.89 bits per heavy atom. The Morgan fingerprint density at radius 1 is 1.14 bits per heavy atom. The number of anilines is 2. The van der Waals surface area contributed by atoms with Crippen LogP contribution in [-0.4, -0.2) is 49.8 Å². The van der Waals surface area contributed by atoms with Crippen molar-refractivity contribution in [3.05, 3.63) is 36.0 Å². The first-order valence-corrected chi connectivity index (χ1v) is 16.7. The van der Waals surface area contributed by atoms with Crippen molar-refractivity contribution in [2.75, 3.05) is 35.2 Å². The van der Waals surface area contributed by atoms with E-state index in [-0.39, 0.29) is 41.3 Å². The zero-order valence-electron chi connectivity index (χ0n) is 19.6. The van der Waals surface area contributed by atoms with Crippen LogP contribution in [0.4, 0.5) is 30.6 Å². The molecule has 4 heterocycles. The van der Waals surface area contributed by atoms with Crippen LogP contribution < -0.4 is 9.80 Å². The van der Waals surface area contributed by atoms with Crippen LogP contribution in [0.5, 0.6) is 0 Å². The molecule has 3 fully saturated rings. The number of halogens is 3. The average Bonchev–Trinajstić information content (AvgIpc) is 3.21. The lowest BCUT2D eigenvalue weighted by atomic mass is 10.0. The van der Waals surface area contributed by atoms with Gasteiger partial charge in [0.1, 0.15) is 5.82 Å². The van der Waals surface area contributed by atoms with Gasteiger partial charge in [-0.3, -0.25) is 0 Å². The molecular weight excluding hydrogens is 531 g/mol. The number of hydrogen-bond acceptors (Lipinski definition) is 8. The van der Waals surface area contributed by atoms with Crippen LogP contribution in [0.3, 0.4) is 0 Å². The summed E-state index contributed by atoms with van der Waals surface area (Å²) in [4.78, 5) is 13.0. The molecule has 3 aliphatic heterocycles. The van der Waals surface area contributed by atoms with Gasteiger partial charge in [0.25, 0.3) is 0 Å². The molecule has 4 aliphatic rings. The number of nitrogens with zero attached hydrogens (tertiary/aromatic N) is 5. The minimum atomic E-state index is -4.56. The summed E-state index contributed by atoms with van der Waals surface area (Å²) in [5.74, 6) is 0.770. The molecule has 0 radical (unpaired) electrons. The highest BCUT2D eigenvalue weighted by atomic mass is 33.5. The van der Waals surface area contributed by atoms with Crippen LogP contribution in [0.1, 0.15) is 31.9 Å². The molecule has 7 nitrogen and oxygen atoms in total. The van der Waals surface area contributed by atoms with Crippen molar-refractivity contribution in [2.24, 2.45) is 22.1 Å². The summed E-state index contributed by atoms with van der Waals surface area (Å²) >= 11 is 0. The lowest BCUT2D eigenvalue weighted by Crippen LogP contribution is -2.39. The van der Waals surface area contributed by atoms with E-state index in [1.807, 2.05) is 41.0 Å². The van der Waals surface area contributed by atoms with Gasteiger partial charge < -0.3 is 9.80 Å². The van der Waals surface area contributed by atoms with Crippen molar-refractivity contribution in [3.63, 3.8) is 0 Å². The van der Waals surface area contributed by atoms with E-state index in [1.54, 1.807) is 0 Å². The monoisotopic (exact) mass is 557 g/mol. The zero-order chi connectivity index (χ0) is 25.2. The Labute approximate surface area is 213 Å². The number of hydrogen-bond donors (Lipinski definition) is 0. The molecule has 2 unspecified atom stereocenters. The van der Waals surface area contributed by atoms with Crippen molar-refractivity contribution in [1.29, 1.82) is 0 Å². The van der Waals surface area contributed by atoms with Gasteiger partial charge in [0, 0.05) is 36.6 Å². The molecule has 5 atom stereocenters. The topological polar surface area (TPSA) is 78.8 Å². The molecule has 6 rings (SSSR count). The molecule has 1 saturated carbocycles. The molecule has 1 aromatic carbocycles. The fraction of sp³-hybridized carbons (Fsp3) is 0.565. The van der Waals surface area contributed by atoms with Crippen LogP contribution >= 0.6 is 10.8 Å². The Morgan fingerprint density at radius 3 is 2.58 bits per heavy atom. The van der Waals surface area contributed by atoms with E-state index in [4.69, 9.17) is 0 Å². The highest BCUT2D eigenvalue weighted by Gasteiger charge is 2.57. The summed E-state index contributed by atoms with van der Waals surface area (Å²) in [6.45, 7) is 3.65. The van der Waals surface area contributed by atoms with Crippen molar-refractivity contribution in [3.8, 4) is 0 Å². The molecule has 0 spiro atoms. The first-order chi connectivity index (χ1) is 17.1. The minimum Gasteiger partial charge on any atom is -0.356 e. The molecule has 1 aliphatic carbocycles. The van der Waals surface area contributed by atoms with Gasteiger partial charge in [-0.25, -0.2) is 17.8 Å². The Hall–Kier alpha value is -1.86. The molecule has 13 heteroatoms. The molecule has 2 aromatic rings. The first-order valence-electron chi connectivity index (χ1n) is 12.0. The molecular formula is C23H26F3N5O2S3. The van der Waals surface area contributed by atoms with E-state index < -0.39 is 29.5 Å². The van der Waals surface area contributed by atoms with Crippen molar-refractivity contribution >= 4 is 45.9 Å². The van der Waals surface area contributed by atoms with Gasteiger partial charge >= 0.3 is 6.18 Å². The molecule has 2 saturated heterocycles. The molecule has 1 aromatic heterocycles. The quantitative estimate of drug-likeness (QED) is 0.477. The Balaban J connectivity index is 1.16. The molecule has 0 N–H and O–H groups in total. The van der Waals surface area contributed by atoms with Crippen LogP contribution in [0.15, 0.2) is 39.6 Å². The third-order valence-corrected chi connectivity index (χ3v) is 15.4. The predicted octanol–water partition coefficient (Wildman–Crippen LogP) is 5.04. The van der Waals surface area contributed by atoms with Gasteiger partial charge in [-0.05, 0) is 66.9 Å². The van der Waals surface area contributed by atoms with Crippen LogP contribution in [-0.2, 0) is 23.8 Å². The van der Waals surface area contributed by atoms with E-state index in [2.05, 4.69) is 14.3 Å². The van der Waals surface area contributed by atoms with Gasteiger partial charge in [-0.2, -0.15) is 18.2 Å². The van der Waals surface area contributed by atoms with Gasteiger partial charge in [0.05, 0.1) is 20.2 Å². The number of rotatable bonds is 5. The van der Waals surface area contributed by atoms with E-state index in [1.165, 1.54) is 10.8 Å². The van der Waals surface area contributed by atoms with Crippen molar-refractivity contribution < 1.29 is 21.6 Å². The summed E-state index contributed by atoms with van der Waals surface area (Å²) in [5.41, 5.74) is -0.208. The zero-order valence-corrected chi connectivity index (χ0v) is 22.0. The van der Waals surface area contributed by atoms with Gasteiger partial charge in [0.2, 0.25) is 14.8 Å². The Kier molecular flexibility index (Phi) is 6.03. The lowest BCUT2D eigenvalue weighted by molar-refractivity contribution is -0.141. The smallest absolute Gasteiger partial charge is 0.356 e. The lowest BCUT2D eigenvalue weighted by Gasteiger charge is -2.34. The van der Waals surface area contributed by atoms with Crippen molar-refractivity contribution in [1.82, 2.24) is 9.97 Å². The van der Waals surface area contributed by atoms with E-state index >= 15 is 0 Å². The summed E-state index contributed by atoms with van der Waals surface area (Å²) in [7, 11) is -3.27. The molecule has 0 bridgehead atoms. The largest absolute Gasteiger partial charge is 0.433 e. The molecule has 0 amide bonds. The number of aromatic nitrogens is 2. The fourth-order valence-corrected chi connectivity index (χ4v) is 12.8. The maximum absolute atomic E-state index is 13.7. The maximum atomic E-state index is 13.7. The van der Waals surface area contributed by atoms with Gasteiger partial charge in [-0.15, -0.1) is 0 Å². The molecule has 36 heavy (non-hydrogen) atoms. The summed E-state index contributed by atoms with van der Waals surface area (Å²) in [6, 6.07) is 8.53. The summed E-state index contributed by atoms with van der Waals surface area (Å²) in [6.07, 6.45) is -1.72. The molecule has 194 valence electrons. The van der Waals surface area contributed by atoms with Crippen LogP contribution in [0.25, 0.3) is 0 Å². The third kappa shape index (κ3) is 4.51. The standard InChI is InChI=1S/C23H26F3N5O2S3/c1-14-6-4-5-9-31(14)22-27-20(23(24,25)26)10-21(28-22)30-11-15-16(12-30)17(15)13-36(32,33)35-29-18-7-2-3-8-19(18)34-35/h2-3,7-8,10,14-17H,4-6,9,11-13H2,1H3/t14-,15-,16+,17?,35?/m0/s1. The van der Waals surface area contributed by atoms with Gasteiger partial charge in [-0.1, -0.05) is 12.1 Å².